The van der Waals surface area contributed by atoms with E-state index in [9.17, 15) is 0 Å². The third kappa shape index (κ3) is 3.80. The minimum atomic E-state index is -3.55. The molecule has 0 heterocycles. The van der Waals surface area contributed by atoms with Crippen LogP contribution < -0.4 is 32.7 Å². The molecular weight excluding hydrogens is 422 g/mol. The van der Waals surface area contributed by atoms with Crippen molar-refractivity contribution >= 4 is 28.5 Å². The Balaban J connectivity index is 0.00000192. The van der Waals surface area contributed by atoms with E-state index in [1.54, 1.807) is 0 Å². The normalized spacial score (nSPS) is 11.7. The number of nitrogens with two attached hydrogens (primary N) is 3. The molecule has 0 bridgehead atoms. The number of hydrogen-bond acceptors (Lipinski definition) is 3. The van der Waals surface area contributed by atoms with Crippen molar-refractivity contribution in [3.8, 4) is 0 Å². The summed E-state index contributed by atoms with van der Waals surface area (Å²) >= 11 is 0. The van der Waals surface area contributed by atoms with Crippen LogP contribution in [-0.2, 0) is 19.5 Å². The molecule has 10 N–H and O–H groups in total. The molecule has 136 valence electrons. The fourth-order valence-electron chi connectivity index (χ4n) is 2.85. The summed E-state index contributed by atoms with van der Waals surface area (Å²) in [5, 5.41) is 2.64. The molecule has 0 amide bonds. The summed E-state index contributed by atoms with van der Waals surface area (Å²) in [5.74, 6) is 0. The molecule has 0 aliphatic heterocycles. The van der Waals surface area contributed by atoms with Crippen LogP contribution in [0.1, 0.15) is 0 Å². The Morgan fingerprint density at radius 3 is 1.32 bits per heavy atom. The van der Waals surface area contributed by atoms with E-state index in [0.29, 0.717) is 5.69 Å². The van der Waals surface area contributed by atoms with Crippen LogP contribution in [0, 0.1) is 0 Å². The van der Waals surface area contributed by atoms with Gasteiger partial charge in [-0.1, -0.05) is 0 Å². The second-order valence-corrected chi connectivity index (χ2v) is 9.52. The molecule has 0 radical (unpaired) electrons. The first-order chi connectivity index (χ1) is 10.5. The van der Waals surface area contributed by atoms with Crippen molar-refractivity contribution in [3.63, 3.8) is 0 Å². The van der Waals surface area contributed by atoms with Gasteiger partial charge in [-0.15, -0.1) is 0 Å². The summed E-state index contributed by atoms with van der Waals surface area (Å²) in [7, 11) is 0. The SMILES string of the molecule is Nc1ccccc1P(N)(N)(c1ccccc1)c1ccccc1.O.O.[Ru]. The summed E-state index contributed by atoms with van der Waals surface area (Å²) in [6.45, 7) is -3.55. The molecule has 3 rings (SSSR count). The first kappa shape index (κ1) is 23.4. The van der Waals surface area contributed by atoms with Gasteiger partial charge in [0.25, 0.3) is 0 Å². The van der Waals surface area contributed by atoms with Crippen molar-refractivity contribution in [3.05, 3.63) is 84.9 Å². The number of hydrogen-bond donors (Lipinski definition) is 3. The van der Waals surface area contributed by atoms with Gasteiger partial charge < -0.3 is 11.0 Å². The molecule has 5 nitrogen and oxygen atoms in total. The summed E-state index contributed by atoms with van der Waals surface area (Å²) in [6, 6.07) is 27.3. The van der Waals surface area contributed by atoms with E-state index in [4.69, 9.17) is 16.7 Å². The fourth-order valence-corrected chi connectivity index (χ4v) is 6.37. The molecule has 0 aliphatic rings. The third-order valence-corrected chi connectivity index (χ3v) is 8.35. The van der Waals surface area contributed by atoms with Gasteiger partial charge in [0.2, 0.25) is 0 Å². The molecule has 3 aromatic carbocycles. The summed E-state index contributed by atoms with van der Waals surface area (Å²) in [6.07, 6.45) is 0. The van der Waals surface area contributed by atoms with Crippen molar-refractivity contribution in [1.82, 2.24) is 0 Å². The van der Waals surface area contributed by atoms with Gasteiger partial charge in [-0.3, -0.25) is 0 Å². The topological polar surface area (TPSA) is 141 Å². The van der Waals surface area contributed by atoms with Gasteiger partial charge in [0.05, 0.1) is 0 Å². The van der Waals surface area contributed by atoms with Crippen LogP contribution in [0.4, 0.5) is 5.69 Å². The average Bonchev–Trinajstić information content (AvgIpc) is 2.57. The van der Waals surface area contributed by atoms with Crippen molar-refractivity contribution in [2.45, 2.75) is 0 Å². The minimum absolute atomic E-state index is 0. The number of rotatable bonds is 3. The summed E-state index contributed by atoms with van der Waals surface area (Å²) in [5.41, 5.74) is 20.9. The number of para-hydroxylation sites is 1. The van der Waals surface area contributed by atoms with Gasteiger partial charge in [-0.05, 0) is 0 Å². The monoisotopic (exact) mass is 447 g/mol. The zero-order valence-corrected chi connectivity index (χ0v) is 16.2. The second kappa shape index (κ2) is 8.64. The number of anilines is 1. The number of nitrogen functional groups attached to an aromatic ring is 1. The Morgan fingerprint density at radius 2 is 0.920 bits per heavy atom. The zero-order valence-electron chi connectivity index (χ0n) is 13.6. The average molecular weight is 446 g/mol. The summed E-state index contributed by atoms with van der Waals surface area (Å²) < 4.78 is 0. The smallest absolute Gasteiger partial charge is 0 e. The van der Waals surface area contributed by atoms with E-state index in [-0.39, 0.29) is 30.4 Å². The first-order valence-electron chi connectivity index (χ1n) is 7.12. The molecule has 0 spiro atoms. The van der Waals surface area contributed by atoms with Crippen LogP contribution in [0.15, 0.2) is 84.9 Å². The Morgan fingerprint density at radius 1 is 0.560 bits per heavy atom. The maximum Gasteiger partial charge on any atom is 0 e. The van der Waals surface area contributed by atoms with E-state index < -0.39 is 6.90 Å². The molecule has 0 aliphatic carbocycles. The molecular formula is C18H24N3O2PRu. The van der Waals surface area contributed by atoms with E-state index in [1.807, 2.05) is 84.9 Å². The third-order valence-electron chi connectivity index (χ3n) is 4.08. The van der Waals surface area contributed by atoms with Crippen LogP contribution >= 0.6 is 6.90 Å². The van der Waals surface area contributed by atoms with Crippen molar-refractivity contribution in [2.75, 3.05) is 5.73 Å². The largest absolute Gasteiger partial charge is 0.412 e. The van der Waals surface area contributed by atoms with Crippen LogP contribution in [0.25, 0.3) is 0 Å². The van der Waals surface area contributed by atoms with Gasteiger partial charge in [0, 0.05) is 19.5 Å². The maximum atomic E-state index is 7.03. The predicted molar refractivity (Wildman–Crippen MR) is 105 cm³/mol. The molecule has 0 saturated carbocycles. The van der Waals surface area contributed by atoms with Crippen molar-refractivity contribution < 1.29 is 30.4 Å². The summed E-state index contributed by atoms with van der Waals surface area (Å²) in [4.78, 5) is 0. The van der Waals surface area contributed by atoms with Gasteiger partial charge in [-0.2, -0.15) is 0 Å². The quantitative estimate of drug-likeness (QED) is 0.300. The molecule has 3 aromatic rings. The molecule has 25 heavy (non-hydrogen) atoms. The first-order valence-corrected chi connectivity index (χ1v) is 9.50. The Hall–Kier alpha value is -1.65. The van der Waals surface area contributed by atoms with Crippen LogP contribution in [-0.4, -0.2) is 11.0 Å². The maximum absolute atomic E-state index is 7.03. The van der Waals surface area contributed by atoms with E-state index in [0.717, 1.165) is 15.9 Å². The molecule has 0 aromatic heterocycles. The predicted octanol–water partition coefficient (Wildman–Crippen LogP) is 0.194. The molecule has 0 atom stereocenters. The van der Waals surface area contributed by atoms with Crippen LogP contribution in [0.2, 0.25) is 0 Å². The minimum Gasteiger partial charge on any atom is -0.412 e. The number of benzene rings is 3. The Kier molecular flexibility index (Phi) is 8.07. The molecule has 0 fully saturated rings. The van der Waals surface area contributed by atoms with Gasteiger partial charge >= 0.3 is 130 Å². The fraction of sp³-hybridized carbons (Fsp3) is 0. The van der Waals surface area contributed by atoms with Crippen molar-refractivity contribution in [2.24, 2.45) is 11.0 Å². The second-order valence-electron chi connectivity index (χ2n) is 5.49. The van der Waals surface area contributed by atoms with Crippen molar-refractivity contribution in [1.29, 1.82) is 0 Å². The van der Waals surface area contributed by atoms with Crippen LogP contribution in [0.3, 0.4) is 0 Å². The zero-order chi connectivity index (χ0) is 15.7. The Labute approximate surface area is 160 Å². The van der Waals surface area contributed by atoms with E-state index in [1.165, 1.54) is 0 Å². The van der Waals surface area contributed by atoms with E-state index in [2.05, 4.69) is 0 Å². The van der Waals surface area contributed by atoms with Gasteiger partial charge in [-0.25, -0.2) is 0 Å². The Bertz CT molecular complexity index is 758. The standard InChI is InChI=1S/C18H20N3P.2H2O.Ru/c19-17-13-7-8-14-18(17)22(20,21,15-9-3-1-4-10-15)16-11-5-2-6-12-16;;;/h1-14H,19-21H2;2*1H2;. The molecule has 7 heteroatoms. The van der Waals surface area contributed by atoms with Crippen LogP contribution in [0.5, 0.6) is 0 Å². The molecule has 0 saturated heterocycles. The van der Waals surface area contributed by atoms with Gasteiger partial charge in [0.15, 0.2) is 0 Å². The van der Waals surface area contributed by atoms with E-state index >= 15 is 0 Å². The van der Waals surface area contributed by atoms with Gasteiger partial charge in [0.1, 0.15) is 0 Å². The molecule has 0 unspecified atom stereocenters.